The first-order valence-corrected chi connectivity index (χ1v) is 10.7. The predicted molar refractivity (Wildman–Crippen MR) is 114 cm³/mol. The zero-order valence-corrected chi connectivity index (χ0v) is 18.1. The van der Waals surface area contributed by atoms with Gasteiger partial charge in [0.1, 0.15) is 17.1 Å². The number of thiophene rings is 1. The van der Waals surface area contributed by atoms with Crippen LogP contribution in [0.15, 0.2) is 18.2 Å². The number of nitro benzene ring substituents is 1. The second-order valence-corrected chi connectivity index (χ2v) is 8.85. The molecule has 3 amide bonds. The molecule has 0 saturated carbocycles. The van der Waals surface area contributed by atoms with Crippen LogP contribution in [0, 0.1) is 16.0 Å². The first-order chi connectivity index (χ1) is 15.2. The number of carbonyl (C=O) groups is 4. The van der Waals surface area contributed by atoms with Crippen LogP contribution >= 0.6 is 11.3 Å². The number of nitro groups is 1. The molecule has 2 aromatic rings. The van der Waals surface area contributed by atoms with E-state index in [1.807, 2.05) is 0 Å². The van der Waals surface area contributed by atoms with Crippen molar-refractivity contribution < 1.29 is 28.8 Å². The second-order valence-electron chi connectivity index (χ2n) is 7.75. The van der Waals surface area contributed by atoms with Gasteiger partial charge in [-0.05, 0) is 36.8 Å². The largest absolute Gasteiger partial charge is 0.465 e. The molecule has 11 heteroatoms. The number of nitrogens with zero attached hydrogens (tertiary/aromatic N) is 2. The Hall–Kier alpha value is -3.60. The first kappa shape index (κ1) is 21.6. The topological polar surface area (TPSA) is 136 Å². The molecule has 0 saturated heterocycles. The van der Waals surface area contributed by atoms with Crippen LogP contribution in [0.2, 0.25) is 0 Å². The van der Waals surface area contributed by atoms with E-state index in [0.29, 0.717) is 27.8 Å². The maximum atomic E-state index is 12.7. The Morgan fingerprint density at radius 1 is 1.31 bits per heavy atom. The molecule has 1 unspecified atom stereocenters. The van der Waals surface area contributed by atoms with Gasteiger partial charge in [-0.2, -0.15) is 0 Å². The maximum absolute atomic E-state index is 12.7. The molecule has 2 heterocycles. The first-order valence-electron chi connectivity index (χ1n) is 9.89. The Labute approximate surface area is 186 Å². The zero-order chi connectivity index (χ0) is 23.2. The lowest BCUT2D eigenvalue weighted by molar-refractivity contribution is -0.385. The normalized spacial score (nSPS) is 17.1. The standard InChI is InChI=1S/C21H19N3O7S/c1-10-6-7-11-14(8-10)32-18(17(11)21(28)31-2)22-15(25)9-23-19(26)12-4-3-5-13(24(29)30)16(12)20(23)27/h3-5,10H,6-9H2,1-2H3,(H,22,25). The quantitative estimate of drug-likeness (QED) is 0.315. The average Bonchev–Trinajstić information content (AvgIpc) is 3.22. The Balaban J connectivity index is 1.58. The maximum Gasteiger partial charge on any atom is 0.341 e. The van der Waals surface area contributed by atoms with E-state index in [4.69, 9.17) is 4.74 Å². The van der Waals surface area contributed by atoms with E-state index >= 15 is 0 Å². The molecule has 10 nitrogen and oxygen atoms in total. The van der Waals surface area contributed by atoms with Crippen LogP contribution in [0.1, 0.15) is 54.9 Å². The van der Waals surface area contributed by atoms with Gasteiger partial charge >= 0.3 is 5.97 Å². The molecular weight excluding hydrogens is 438 g/mol. The van der Waals surface area contributed by atoms with Crippen molar-refractivity contribution in [1.29, 1.82) is 0 Å². The highest BCUT2D eigenvalue weighted by Gasteiger charge is 2.42. The fourth-order valence-electron chi connectivity index (χ4n) is 4.08. The SMILES string of the molecule is COC(=O)c1c(NC(=O)CN2C(=O)c3cccc([N+](=O)[O-])c3C2=O)sc2c1CCC(C)C2. The predicted octanol–water partition coefficient (Wildman–Crippen LogP) is 2.80. The van der Waals surface area contributed by atoms with Crippen molar-refractivity contribution in [2.45, 2.75) is 26.2 Å². The molecule has 1 aromatic carbocycles. The summed E-state index contributed by atoms with van der Waals surface area (Å²) in [6, 6.07) is 3.75. The van der Waals surface area contributed by atoms with Crippen molar-refractivity contribution in [3.63, 3.8) is 0 Å². The summed E-state index contributed by atoms with van der Waals surface area (Å²) in [5.74, 6) is -2.50. The Morgan fingerprint density at radius 3 is 2.75 bits per heavy atom. The van der Waals surface area contributed by atoms with Crippen molar-refractivity contribution in [2.75, 3.05) is 19.0 Å². The molecule has 2 aliphatic rings. The number of fused-ring (bicyclic) bond motifs is 2. The monoisotopic (exact) mass is 457 g/mol. The molecule has 4 rings (SSSR count). The van der Waals surface area contributed by atoms with Gasteiger partial charge in [0.25, 0.3) is 17.5 Å². The third-order valence-corrected chi connectivity index (χ3v) is 6.80. The molecule has 0 bridgehead atoms. The van der Waals surface area contributed by atoms with Crippen molar-refractivity contribution in [3.05, 3.63) is 55.4 Å². The lowest BCUT2D eigenvalue weighted by atomic mass is 9.88. The van der Waals surface area contributed by atoms with Gasteiger partial charge in [0, 0.05) is 10.9 Å². The van der Waals surface area contributed by atoms with Crippen molar-refractivity contribution >= 4 is 45.7 Å². The molecule has 1 atom stereocenters. The molecule has 0 radical (unpaired) electrons. The molecule has 166 valence electrons. The van der Waals surface area contributed by atoms with Crippen molar-refractivity contribution in [3.8, 4) is 0 Å². The van der Waals surface area contributed by atoms with Crippen LogP contribution < -0.4 is 5.32 Å². The van der Waals surface area contributed by atoms with Crippen LogP contribution in [0.5, 0.6) is 0 Å². The molecule has 0 fully saturated rings. The van der Waals surface area contributed by atoms with Gasteiger partial charge in [-0.1, -0.05) is 13.0 Å². The minimum atomic E-state index is -0.903. The van der Waals surface area contributed by atoms with E-state index in [2.05, 4.69) is 12.2 Å². The van der Waals surface area contributed by atoms with Crippen molar-refractivity contribution in [2.24, 2.45) is 5.92 Å². The number of methoxy groups -OCH3 is 1. The number of anilines is 1. The summed E-state index contributed by atoms with van der Waals surface area (Å²) >= 11 is 1.28. The summed E-state index contributed by atoms with van der Waals surface area (Å²) in [7, 11) is 1.26. The number of carbonyl (C=O) groups excluding carboxylic acids is 4. The second kappa shape index (κ2) is 8.15. The van der Waals surface area contributed by atoms with Gasteiger partial charge in [-0.15, -0.1) is 11.3 Å². The number of hydrogen-bond donors (Lipinski definition) is 1. The number of rotatable bonds is 5. The number of hydrogen-bond acceptors (Lipinski definition) is 8. The van der Waals surface area contributed by atoms with E-state index in [0.717, 1.165) is 29.3 Å². The van der Waals surface area contributed by atoms with Gasteiger partial charge in [0.15, 0.2) is 0 Å². The Morgan fingerprint density at radius 2 is 2.06 bits per heavy atom. The van der Waals surface area contributed by atoms with E-state index in [9.17, 15) is 29.3 Å². The minimum absolute atomic E-state index is 0.118. The number of imide groups is 1. The zero-order valence-electron chi connectivity index (χ0n) is 17.3. The van der Waals surface area contributed by atoms with E-state index < -0.39 is 40.8 Å². The lowest BCUT2D eigenvalue weighted by Crippen LogP contribution is -2.37. The molecule has 1 aliphatic carbocycles. The van der Waals surface area contributed by atoms with Gasteiger partial charge in [-0.25, -0.2) is 4.79 Å². The van der Waals surface area contributed by atoms with E-state index in [1.165, 1.54) is 30.6 Å². The van der Waals surface area contributed by atoms with Gasteiger partial charge in [-0.3, -0.25) is 29.4 Å². The average molecular weight is 457 g/mol. The molecule has 32 heavy (non-hydrogen) atoms. The number of amides is 3. The lowest BCUT2D eigenvalue weighted by Gasteiger charge is -2.18. The van der Waals surface area contributed by atoms with E-state index in [-0.39, 0.29) is 11.1 Å². The molecular formula is C21H19N3O7S. The van der Waals surface area contributed by atoms with Crippen molar-refractivity contribution in [1.82, 2.24) is 4.90 Å². The summed E-state index contributed by atoms with van der Waals surface area (Å²) in [5, 5.41) is 14.2. The summed E-state index contributed by atoms with van der Waals surface area (Å²) in [4.78, 5) is 62.6. The molecule has 1 N–H and O–H groups in total. The van der Waals surface area contributed by atoms with Crippen LogP contribution in [0.3, 0.4) is 0 Å². The fourth-order valence-corrected chi connectivity index (χ4v) is 5.49. The Bertz CT molecular complexity index is 1190. The molecule has 1 aliphatic heterocycles. The van der Waals surface area contributed by atoms with Crippen LogP contribution in [0.25, 0.3) is 0 Å². The number of esters is 1. The van der Waals surface area contributed by atoms with Crippen LogP contribution in [-0.2, 0) is 22.4 Å². The van der Waals surface area contributed by atoms with Crippen LogP contribution in [0.4, 0.5) is 10.7 Å². The van der Waals surface area contributed by atoms with E-state index in [1.54, 1.807) is 0 Å². The number of benzene rings is 1. The Kier molecular flexibility index (Phi) is 5.51. The fraction of sp³-hybridized carbons (Fsp3) is 0.333. The smallest absolute Gasteiger partial charge is 0.341 e. The van der Waals surface area contributed by atoms with Gasteiger partial charge < -0.3 is 10.1 Å². The minimum Gasteiger partial charge on any atom is -0.465 e. The summed E-state index contributed by atoms with van der Waals surface area (Å²) in [6.07, 6.45) is 2.38. The summed E-state index contributed by atoms with van der Waals surface area (Å²) < 4.78 is 4.89. The number of nitrogens with one attached hydrogen (secondary N) is 1. The molecule has 0 spiro atoms. The summed E-state index contributed by atoms with van der Waals surface area (Å²) in [5.41, 5.74) is 0.216. The highest BCUT2D eigenvalue weighted by Crippen LogP contribution is 2.40. The van der Waals surface area contributed by atoms with Crippen LogP contribution in [-0.4, -0.2) is 47.2 Å². The van der Waals surface area contributed by atoms with Gasteiger partial charge in [0.2, 0.25) is 5.91 Å². The molecule has 1 aromatic heterocycles. The van der Waals surface area contributed by atoms with Gasteiger partial charge in [0.05, 0.1) is 23.2 Å². The third-order valence-electron chi connectivity index (χ3n) is 5.63. The summed E-state index contributed by atoms with van der Waals surface area (Å²) in [6.45, 7) is 1.48. The highest BCUT2D eigenvalue weighted by molar-refractivity contribution is 7.17. The third kappa shape index (κ3) is 3.54. The highest BCUT2D eigenvalue weighted by atomic mass is 32.1. The number of ether oxygens (including phenoxy) is 1.